The third-order valence-electron chi connectivity index (χ3n) is 5.79. The topological polar surface area (TPSA) is 63.1 Å². The van der Waals surface area contributed by atoms with Gasteiger partial charge in [0.05, 0.1) is 17.3 Å². The molecule has 1 aliphatic rings. The van der Waals surface area contributed by atoms with E-state index in [0.717, 1.165) is 31.2 Å². The Morgan fingerprint density at radius 3 is 2.48 bits per heavy atom. The summed E-state index contributed by atoms with van der Waals surface area (Å²) < 4.78 is 14.7. The van der Waals surface area contributed by atoms with Crippen LogP contribution in [0.25, 0.3) is 0 Å². The first-order valence-electron chi connectivity index (χ1n) is 10.2. The number of hydrogen-bond acceptors (Lipinski definition) is 3. The van der Waals surface area contributed by atoms with Crippen LogP contribution in [0.3, 0.4) is 0 Å². The third-order valence-corrected chi connectivity index (χ3v) is 5.79. The number of amides is 1. The normalized spacial score (nSPS) is 14.9. The predicted octanol–water partition coefficient (Wildman–Crippen LogP) is 2.62. The second-order valence-electron chi connectivity index (χ2n) is 7.74. The summed E-state index contributed by atoms with van der Waals surface area (Å²) in [5, 5.41) is 3.12. The van der Waals surface area contributed by atoms with E-state index in [9.17, 15) is 14.0 Å². The van der Waals surface area contributed by atoms with Crippen molar-refractivity contribution in [2.75, 3.05) is 12.0 Å². The number of carbonyl (C=O) groups excluding carboxylic acids is 1. The van der Waals surface area contributed by atoms with E-state index in [1.54, 1.807) is 26.0 Å². The quantitative estimate of drug-likeness (QED) is 0.709. The molecular formula is C22H27BFN3O2. The van der Waals surface area contributed by atoms with Crippen molar-refractivity contribution in [1.29, 1.82) is 0 Å². The summed E-state index contributed by atoms with van der Waals surface area (Å²) in [6, 6.07) is 6.06. The fourth-order valence-corrected chi connectivity index (χ4v) is 3.83. The lowest BCUT2D eigenvalue weighted by molar-refractivity contribution is 0.0898. The molecule has 2 N–H and O–H groups in total. The van der Waals surface area contributed by atoms with Crippen molar-refractivity contribution in [3.05, 3.63) is 62.8 Å². The summed E-state index contributed by atoms with van der Waals surface area (Å²) in [4.78, 5) is 25.8. The molecule has 1 saturated carbocycles. The number of nitrogens with one attached hydrogen (secondary N) is 2. The second-order valence-corrected chi connectivity index (χ2v) is 7.74. The van der Waals surface area contributed by atoms with Crippen LogP contribution in [0.4, 0.5) is 4.39 Å². The van der Waals surface area contributed by atoms with Gasteiger partial charge < -0.3 is 10.7 Å². The zero-order valence-corrected chi connectivity index (χ0v) is 17.2. The van der Waals surface area contributed by atoms with Crippen LogP contribution < -0.4 is 21.8 Å². The van der Waals surface area contributed by atoms with Gasteiger partial charge in [0.2, 0.25) is 0 Å². The Balaban J connectivity index is 1.97. The van der Waals surface area contributed by atoms with E-state index in [0.29, 0.717) is 29.3 Å². The summed E-state index contributed by atoms with van der Waals surface area (Å²) in [7, 11) is 6.02. The Kier molecular flexibility index (Phi) is 6.45. The number of pyridine rings is 1. The average molecular weight is 395 g/mol. The number of benzene rings is 1. The number of rotatable bonds is 7. The molecule has 0 bridgehead atoms. The number of carbonyl (C=O) groups is 1. The number of hydrogen-bond donors (Lipinski definition) is 2. The molecule has 1 aromatic heterocycles. The molecule has 0 spiro atoms. The minimum Gasteiger partial charge on any atom is -0.345 e. The molecule has 1 fully saturated rings. The summed E-state index contributed by atoms with van der Waals surface area (Å²) >= 11 is 0. The van der Waals surface area contributed by atoms with Crippen molar-refractivity contribution < 1.29 is 9.18 Å². The van der Waals surface area contributed by atoms with Crippen LogP contribution in [0.5, 0.6) is 0 Å². The molecule has 2 aromatic rings. The second kappa shape index (κ2) is 8.85. The molecule has 0 saturated heterocycles. The van der Waals surface area contributed by atoms with Gasteiger partial charge in [0.15, 0.2) is 0 Å². The van der Waals surface area contributed by atoms with Gasteiger partial charge in [-0.3, -0.25) is 9.59 Å². The Hall–Kier alpha value is -2.57. The highest BCUT2D eigenvalue weighted by Gasteiger charge is 2.31. The van der Waals surface area contributed by atoms with Crippen LogP contribution in [0, 0.1) is 25.6 Å². The zero-order chi connectivity index (χ0) is 21.1. The van der Waals surface area contributed by atoms with E-state index in [-0.39, 0.29) is 28.8 Å². The van der Waals surface area contributed by atoms with E-state index in [1.165, 1.54) is 16.8 Å². The van der Waals surface area contributed by atoms with Gasteiger partial charge in [0.1, 0.15) is 13.7 Å². The Morgan fingerprint density at radius 1 is 1.28 bits per heavy atom. The maximum Gasteiger partial charge on any atom is 0.262 e. The largest absolute Gasteiger partial charge is 0.345 e. The average Bonchev–Trinajstić information content (AvgIpc) is 2.65. The number of aromatic nitrogens is 1. The molecule has 29 heavy (non-hydrogen) atoms. The predicted molar refractivity (Wildman–Crippen MR) is 114 cm³/mol. The summed E-state index contributed by atoms with van der Waals surface area (Å²) in [6.45, 7) is 6.01. The van der Waals surface area contributed by atoms with Crippen molar-refractivity contribution >= 4 is 19.2 Å². The number of halogens is 1. The van der Waals surface area contributed by atoms with Crippen LogP contribution in [0.15, 0.2) is 29.1 Å². The van der Waals surface area contributed by atoms with Crippen molar-refractivity contribution in [3.8, 4) is 0 Å². The Labute approximate surface area is 172 Å². The molecule has 152 valence electrons. The van der Waals surface area contributed by atoms with E-state index in [2.05, 4.69) is 10.7 Å². The summed E-state index contributed by atoms with van der Waals surface area (Å²) in [5.41, 5.74) is 5.03. The van der Waals surface area contributed by atoms with Crippen LogP contribution in [0.2, 0.25) is 0 Å². The van der Waals surface area contributed by atoms with E-state index in [1.807, 2.05) is 6.92 Å². The lowest BCUT2D eigenvalue weighted by atomic mass is 9.77. The van der Waals surface area contributed by atoms with Crippen LogP contribution in [-0.4, -0.2) is 25.0 Å². The molecule has 1 atom stereocenters. The fourth-order valence-electron chi connectivity index (χ4n) is 3.83. The monoisotopic (exact) mass is 395 g/mol. The smallest absolute Gasteiger partial charge is 0.262 e. The SMILES string of the molecule is [B]c1c(C)c(C(=O)N[C@H](c2ccc(F)cc2)C2CCC2)c(C)n(NCCC)c1=O. The molecule has 2 radical (unpaired) electrons. The molecular weight excluding hydrogens is 368 g/mol. The van der Waals surface area contributed by atoms with Crippen molar-refractivity contribution in [2.24, 2.45) is 5.92 Å². The van der Waals surface area contributed by atoms with Gasteiger partial charge in [-0.2, -0.15) is 0 Å². The van der Waals surface area contributed by atoms with Gasteiger partial charge in [-0.25, -0.2) is 9.07 Å². The highest BCUT2D eigenvalue weighted by atomic mass is 19.1. The summed E-state index contributed by atoms with van der Waals surface area (Å²) in [5.74, 6) is -0.271. The van der Waals surface area contributed by atoms with E-state index >= 15 is 0 Å². The van der Waals surface area contributed by atoms with Crippen LogP contribution in [-0.2, 0) is 0 Å². The van der Waals surface area contributed by atoms with Gasteiger partial charge in [-0.05, 0) is 67.8 Å². The van der Waals surface area contributed by atoms with Gasteiger partial charge in [0.25, 0.3) is 11.5 Å². The third kappa shape index (κ3) is 4.23. The van der Waals surface area contributed by atoms with Gasteiger partial charge in [-0.15, -0.1) is 0 Å². The van der Waals surface area contributed by atoms with E-state index in [4.69, 9.17) is 7.85 Å². The lowest BCUT2D eigenvalue weighted by Crippen LogP contribution is -2.45. The maximum absolute atomic E-state index is 13.4. The van der Waals surface area contributed by atoms with Crippen LogP contribution >= 0.6 is 0 Å². The minimum atomic E-state index is -0.348. The molecule has 0 aliphatic heterocycles. The molecule has 5 nitrogen and oxygen atoms in total. The molecule has 1 heterocycles. The first-order valence-corrected chi connectivity index (χ1v) is 10.2. The lowest BCUT2D eigenvalue weighted by Gasteiger charge is -2.35. The van der Waals surface area contributed by atoms with Crippen molar-refractivity contribution in [1.82, 2.24) is 9.99 Å². The van der Waals surface area contributed by atoms with Crippen molar-refractivity contribution in [2.45, 2.75) is 52.5 Å². The van der Waals surface area contributed by atoms with Crippen LogP contribution in [0.1, 0.15) is 65.8 Å². The Morgan fingerprint density at radius 2 is 1.93 bits per heavy atom. The molecule has 1 aliphatic carbocycles. The molecule has 1 aromatic carbocycles. The highest BCUT2D eigenvalue weighted by Crippen LogP contribution is 2.38. The summed E-state index contributed by atoms with van der Waals surface area (Å²) in [6.07, 6.45) is 3.98. The highest BCUT2D eigenvalue weighted by molar-refractivity contribution is 6.33. The van der Waals surface area contributed by atoms with Gasteiger partial charge >= 0.3 is 0 Å². The molecule has 3 rings (SSSR count). The van der Waals surface area contributed by atoms with Crippen molar-refractivity contribution in [3.63, 3.8) is 0 Å². The minimum absolute atomic E-state index is 0.0614. The Bertz CT molecular complexity index is 952. The first-order chi connectivity index (χ1) is 13.8. The standard InChI is InChI=1S/C22H27BFN3O2/c1-4-12-25-27-14(3)18(13(2)19(23)22(27)29)21(28)26-20(15-6-5-7-15)16-8-10-17(24)11-9-16/h8-11,15,20,25H,4-7,12H2,1-3H3,(H,26,28)/t20-/m0/s1. The van der Waals surface area contributed by atoms with Gasteiger partial charge in [0, 0.05) is 6.54 Å². The van der Waals surface area contributed by atoms with Gasteiger partial charge in [-0.1, -0.05) is 25.5 Å². The zero-order valence-electron chi connectivity index (χ0n) is 17.2. The van der Waals surface area contributed by atoms with E-state index < -0.39 is 0 Å². The first kappa shape index (κ1) is 21.2. The number of nitrogens with zero attached hydrogens (tertiary/aromatic N) is 1. The molecule has 7 heteroatoms. The fraction of sp³-hybridized carbons (Fsp3) is 0.455. The molecule has 1 amide bonds. The maximum atomic E-state index is 13.4. The molecule has 0 unspecified atom stereocenters.